The Morgan fingerprint density at radius 1 is 1.31 bits per heavy atom. The first-order valence-electron chi connectivity index (χ1n) is 10.1. The number of likely N-dealkylation sites (tertiary alicyclic amines) is 1. The third-order valence-electron chi connectivity index (χ3n) is 5.73. The van der Waals surface area contributed by atoms with E-state index in [9.17, 15) is 32.0 Å². The van der Waals surface area contributed by atoms with Crippen LogP contribution in [-0.4, -0.2) is 69.5 Å². The lowest BCUT2D eigenvalue weighted by molar-refractivity contribution is -0.150. The summed E-state index contributed by atoms with van der Waals surface area (Å²) in [6.45, 7) is -1.75. The summed E-state index contributed by atoms with van der Waals surface area (Å²) in [6.07, 6.45) is 2.77. The van der Waals surface area contributed by atoms with Crippen molar-refractivity contribution in [1.29, 1.82) is 0 Å². The Bertz CT molecular complexity index is 998. The van der Waals surface area contributed by atoms with Gasteiger partial charge in [-0.2, -0.15) is 8.78 Å². The fourth-order valence-electron chi connectivity index (χ4n) is 4.01. The van der Waals surface area contributed by atoms with E-state index in [0.717, 1.165) is 30.2 Å². The van der Waals surface area contributed by atoms with Gasteiger partial charge in [-0.1, -0.05) is 0 Å². The largest absolute Gasteiger partial charge is 0.467 e. The molecule has 0 spiro atoms. The maximum atomic E-state index is 13.0. The fraction of sp³-hybridized carbons (Fsp3) is 0.600. The quantitative estimate of drug-likeness (QED) is 0.449. The van der Waals surface area contributed by atoms with Gasteiger partial charge in [-0.25, -0.2) is 13.2 Å². The van der Waals surface area contributed by atoms with Crippen molar-refractivity contribution >= 4 is 27.4 Å². The van der Waals surface area contributed by atoms with Crippen molar-refractivity contribution in [3.63, 3.8) is 0 Å². The van der Waals surface area contributed by atoms with E-state index >= 15 is 0 Å². The minimum Gasteiger partial charge on any atom is -0.467 e. The van der Waals surface area contributed by atoms with Gasteiger partial charge in [-0.15, -0.1) is 0 Å². The number of carbonyl (C=O) groups excluding carboxylic acids is 2. The molecule has 1 amide bonds. The van der Waals surface area contributed by atoms with Crippen molar-refractivity contribution < 1.29 is 41.5 Å². The number of hydrogen-bond donors (Lipinski definition) is 1. The van der Waals surface area contributed by atoms with Crippen LogP contribution in [0.25, 0.3) is 0 Å². The van der Waals surface area contributed by atoms with Gasteiger partial charge in [0, 0.05) is 38.3 Å². The smallest absolute Gasteiger partial charge is 0.387 e. The van der Waals surface area contributed by atoms with E-state index in [-0.39, 0.29) is 47.5 Å². The Morgan fingerprint density at radius 3 is 2.47 bits per heavy atom. The average molecular weight is 476 g/mol. The molecule has 0 bridgehead atoms. The van der Waals surface area contributed by atoms with Crippen LogP contribution in [0.3, 0.4) is 0 Å². The SMILES string of the molecule is COC(=O)[C@H]1CC(c2cc(N(O)CC3CC3)c(OC(F)F)cc2S(C)(=O)=O)CN1C(C)=O. The summed E-state index contributed by atoms with van der Waals surface area (Å²) in [4.78, 5) is 25.3. The van der Waals surface area contributed by atoms with Gasteiger partial charge in [0.2, 0.25) is 5.91 Å². The molecule has 1 aromatic carbocycles. The van der Waals surface area contributed by atoms with Crippen molar-refractivity contribution in [2.24, 2.45) is 5.92 Å². The first kappa shape index (κ1) is 24.2. The van der Waals surface area contributed by atoms with Crippen molar-refractivity contribution in [3.8, 4) is 5.75 Å². The third kappa shape index (κ3) is 5.29. The number of halogens is 2. The number of carbonyl (C=O) groups is 2. The highest BCUT2D eigenvalue weighted by Gasteiger charge is 2.41. The summed E-state index contributed by atoms with van der Waals surface area (Å²) in [5.74, 6) is -1.92. The molecule has 1 saturated heterocycles. The standard InChI is InChI=1S/C20H26F2N2O7S/c1-11(25)23-10-13(6-16(23)19(26)30-2)14-7-15(24(27)9-12-4-5-12)17(31-20(21)22)8-18(14)32(3,28)29/h7-8,12-13,16,20,27H,4-6,9-10H2,1-3H3/t13?,16-/m1/s1. The molecule has 1 aliphatic heterocycles. The predicted molar refractivity (Wildman–Crippen MR) is 109 cm³/mol. The number of benzene rings is 1. The number of nitrogens with zero attached hydrogens (tertiary/aromatic N) is 2. The Kier molecular flexibility index (Phi) is 6.94. The summed E-state index contributed by atoms with van der Waals surface area (Å²) >= 11 is 0. The minimum atomic E-state index is -3.91. The molecule has 3 rings (SSSR count). The number of esters is 1. The zero-order valence-corrected chi connectivity index (χ0v) is 18.8. The lowest BCUT2D eigenvalue weighted by atomic mass is 9.95. The first-order valence-corrected chi connectivity index (χ1v) is 12.0. The number of ether oxygens (including phenoxy) is 2. The van der Waals surface area contributed by atoms with Gasteiger partial charge in [0.15, 0.2) is 15.6 Å². The number of alkyl halides is 2. The molecule has 1 aliphatic carbocycles. The molecule has 1 heterocycles. The highest BCUT2D eigenvalue weighted by molar-refractivity contribution is 7.90. The van der Waals surface area contributed by atoms with Gasteiger partial charge < -0.3 is 14.4 Å². The molecule has 2 atom stereocenters. The van der Waals surface area contributed by atoms with Gasteiger partial charge in [-0.3, -0.25) is 15.1 Å². The van der Waals surface area contributed by atoms with Crippen LogP contribution in [0.15, 0.2) is 17.0 Å². The van der Waals surface area contributed by atoms with E-state index < -0.39 is 40.1 Å². The van der Waals surface area contributed by atoms with Crippen LogP contribution in [0.2, 0.25) is 0 Å². The molecular weight excluding hydrogens is 450 g/mol. The molecule has 12 heteroatoms. The van der Waals surface area contributed by atoms with Gasteiger partial charge in [0.05, 0.1) is 12.0 Å². The second kappa shape index (κ2) is 9.18. The maximum absolute atomic E-state index is 13.0. The average Bonchev–Trinajstić information content (AvgIpc) is 3.39. The Hall–Kier alpha value is -2.47. The molecule has 1 saturated carbocycles. The van der Waals surface area contributed by atoms with E-state index in [1.807, 2.05) is 0 Å². The highest BCUT2D eigenvalue weighted by Crippen LogP contribution is 2.42. The number of anilines is 1. The Balaban J connectivity index is 2.10. The van der Waals surface area contributed by atoms with Crippen LogP contribution in [0.5, 0.6) is 5.75 Å². The monoisotopic (exact) mass is 476 g/mol. The Morgan fingerprint density at radius 2 is 1.97 bits per heavy atom. The first-order chi connectivity index (χ1) is 14.9. The van der Waals surface area contributed by atoms with Crippen LogP contribution >= 0.6 is 0 Å². The summed E-state index contributed by atoms with van der Waals surface area (Å²) in [5.41, 5.74) is 0.104. The Labute approximate surface area is 184 Å². The molecule has 2 fully saturated rings. The lowest BCUT2D eigenvalue weighted by Gasteiger charge is -2.24. The molecular formula is C20H26F2N2O7S. The second-order valence-electron chi connectivity index (χ2n) is 8.18. The van der Waals surface area contributed by atoms with E-state index in [0.29, 0.717) is 0 Å². The van der Waals surface area contributed by atoms with Crippen LogP contribution in [0, 0.1) is 5.92 Å². The maximum Gasteiger partial charge on any atom is 0.387 e. The predicted octanol–water partition coefficient (Wildman–Crippen LogP) is 2.17. The van der Waals surface area contributed by atoms with Gasteiger partial charge in [0.1, 0.15) is 11.7 Å². The summed E-state index contributed by atoms with van der Waals surface area (Å²) in [5, 5.41) is 11.3. The molecule has 32 heavy (non-hydrogen) atoms. The second-order valence-corrected chi connectivity index (χ2v) is 10.2. The zero-order chi connectivity index (χ0) is 23.8. The fourth-order valence-corrected chi connectivity index (χ4v) is 4.99. The molecule has 9 nitrogen and oxygen atoms in total. The van der Waals surface area contributed by atoms with Gasteiger partial charge in [0.25, 0.3) is 0 Å². The number of methoxy groups -OCH3 is 1. The third-order valence-corrected chi connectivity index (χ3v) is 6.88. The van der Waals surface area contributed by atoms with Crippen LogP contribution in [0.4, 0.5) is 14.5 Å². The number of rotatable bonds is 8. The number of amides is 1. The summed E-state index contributed by atoms with van der Waals surface area (Å²) in [7, 11) is -2.72. The van der Waals surface area contributed by atoms with E-state index in [1.54, 1.807) is 0 Å². The molecule has 1 unspecified atom stereocenters. The van der Waals surface area contributed by atoms with Crippen LogP contribution < -0.4 is 9.80 Å². The van der Waals surface area contributed by atoms with Crippen molar-refractivity contribution in [3.05, 3.63) is 17.7 Å². The molecule has 2 aliphatic rings. The van der Waals surface area contributed by atoms with E-state index in [4.69, 9.17) is 4.74 Å². The van der Waals surface area contributed by atoms with Crippen molar-refractivity contribution in [2.45, 2.75) is 49.7 Å². The summed E-state index contributed by atoms with van der Waals surface area (Å²) < 4.78 is 60.4. The van der Waals surface area contributed by atoms with Gasteiger partial charge in [-0.05, 0) is 36.8 Å². The van der Waals surface area contributed by atoms with Gasteiger partial charge >= 0.3 is 12.6 Å². The summed E-state index contributed by atoms with van der Waals surface area (Å²) in [6, 6.07) is 1.34. The normalized spacial score (nSPS) is 21.0. The van der Waals surface area contributed by atoms with Crippen LogP contribution in [0.1, 0.15) is 37.7 Å². The van der Waals surface area contributed by atoms with E-state index in [1.165, 1.54) is 25.0 Å². The molecule has 178 valence electrons. The number of hydrogen-bond acceptors (Lipinski definition) is 8. The van der Waals surface area contributed by atoms with Crippen molar-refractivity contribution in [1.82, 2.24) is 4.90 Å². The molecule has 0 aromatic heterocycles. The van der Waals surface area contributed by atoms with E-state index in [2.05, 4.69) is 4.74 Å². The molecule has 1 aromatic rings. The minimum absolute atomic E-state index is 0.0279. The molecule has 1 N–H and O–H groups in total. The van der Waals surface area contributed by atoms with Crippen molar-refractivity contribution in [2.75, 3.05) is 31.5 Å². The number of sulfone groups is 1. The number of hydroxylamine groups is 1. The zero-order valence-electron chi connectivity index (χ0n) is 18.0. The van der Waals surface area contributed by atoms with Crippen LogP contribution in [-0.2, 0) is 24.2 Å². The lowest BCUT2D eigenvalue weighted by Crippen LogP contribution is -2.39. The highest BCUT2D eigenvalue weighted by atomic mass is 32.2. The topological polar surface area (TPSA) is 113 Å². The molecule has 0 radical (unpaired) electrons.